The standard InChI is InChI=1S/C10H19N5/c1-13(2)10(14(3)4)12-8-9-11-6-7-15(9)5/h6-7H,8H2,1-5H3. The Morgan fingerprint density at radius 1 is 1.33 bits per heavy atom. The first-order valence-corrected chi connectivity index (χ1v) is 4.87. The van der Waals surface area contributed by atoms with Crippen LogP contribution in [-0.2, 0) is 13.6 Å². The summed E-state index contributed by atoms with van der Waals surface area (Å²) in [6.07, 6.45) is 3.71. The molecule has 0 saturated carbocycles. The molecule has 1 aromatic heterocycles. The van der Waals surface area contributed by atoms with Gasteiger partial charge in [-0.25, -0.2) is 9.98 Å². The molecule has 0 N–H and O–H groups in total. The molecule has 0 aromatic carbocycles. The van der Waals surface area contributed by atoms with Crippen molar-refractivity contribution in [1.82, 2.24) is 19.4 Å². The zero-order valence-corrected chi connectivity index (χ0v) is 10.1. The Morgan fingerprint density at radius 3 is 2.33 bits per heavy atom. The van der Waals surface area contributed by atoms with Crippen LogP contribution in [0, 0.1) is 0 Å². The second kappa shape index (κ2) is 4.82. The number of rotatable bonds is 2. The third-order valence-electron chi connectivity index (χ3n) is 2.08. The summed E-state index contributed by atoms with van der Waals surface area (Å²) in [5.41, 5.74) is 0. The molecule has 0 aliphatic carbocycles. The normalized spacial score (nSPS) is 9.93. The molecule has 0 unspecified atom stereocenters. The lowest BCUT2D eigenvalue weighted by atomic mass is 10.6. The Kier molecular flexibility index (Phi) is 3.71. The molecule has 0 bridgehead atoms. The molecule has 0 atom stereocenters. The first-order valence-electron chi connectivity index (χ1n) is 4.87. The van der Waals surface area contributed by atoms with Crippen molar-refractivity contribution in [2.24, 2.45) is 12.0 Å². The number of imidazole rings is 1. The smallest absolute Gasteiger partial charge is 0.195 e. The van der Waals surface area contributed by atoms with E-state index >= 15 is 0 Å². The van der Waals surface area contributed by atoms with Gasteiger partial charge in [-0.3, -0.25) is 0 Å². The fourth-order valence-corrected chi connectivity index (χ4v) is 1.37. The lowest BCUT2D eigenvalue weighted by Crippen LogP contribution is -2.35. The predicted molar refractivity (Wildman–Crippen MR) is 61.7 cm³/mol. The summed E-state index contributed by atoms with van der Waals surface area (Å²) >= 11 is 0. The Labute approximate surface area is 91.0 Å². The van der Waals surface area contributed by atoms with E-state index in [9.17, 15) is 0 Å². The highest BCUT2D eigenvalue weighted by Crippen LogP contribution is 1.98. The molecule has 0 saturated heterocycles. The minimum atomic E-state index is 0.606. The number of aromatic nitrogens is 2. The van der Waals surface area contributed by atoms with Crippen molar-refractivity contribution in [2.45, 2.75) is 6.54 Å². The lowest BCUT2D eigenvalue weighted by molar-refractivity contribution is 0.478. The van der Waals surface area contributed by atoms with E-state index in [2.05, 4.69) is 9.98 Å². The quantitative estimate of drug-likeness (QED) is 0.522. The van der Waals surface area contributed by atoms with E-state index in [0.717, 1.165) is 11.8 Å². The molecule has 84 valence electrons. The van der Waals surface area contributed by atoms with Crippen LogP contribution in [0.3, 0.4) is 0 Å². The Balaban J connectivity index is 2.74. The van der Waals surface area contributed by atoms with E-state index in [4.69, 9.17) is 0 Å². The molecule has 0 aliphatic rings. The van der Waals surface area contributed by atoms with Gasteiger partial charge in [-0.15, -0.1) is 0 Å². The number of nitrogens with zero attached hydrogens (tertiary/aromatic N) is 5. The van der Waals surface area contributed by atoms with Crippen molar-refractivity contribution in [2.75, 3.05) is 28.2 Å². The summed E-state index contributed by atoms with van der Waals surface area (Å²) in [6.45, 7) is 0.606. The van der Waals surface area contributed by atoms with Crippen LogP contribution >= 0.6 is 0 Å². The topological polar surface area (TPSA) is 36.7 Å². The number of hydrogen-bond donors (Lipinski definition) is 0. The molecule has 1 rings (SSSR count). The van der Waals surface area contributed by atoms with Gasteiger partial charge in [0.1, 0.15) is 12.4 Å². The van der Waals surface area contributed by atoms with Gasteiger partial charge in [-0.2, -0.15) is 0 Å². The number of aliphatic imine (C=N–C) groups is 1. The minimum absolute atomic E-state index is 0.606. The third-order valence-corrected chi connectivity index (χ3v) is 2.08. The maximum Gasteiger partial charge on any atom is 0.195 e. The highest BCUT2D eigenvalue weighted by atomic mass is 15.3. The van der Waals surface area contributed by atoms with Crippen molar-refractivity contribution in [3.8, 4) is 0 Å². The second-order valence-corrected chi connectivity index (χ2v) is 3.86. The van der Waals surface area contributed by atoms with Crippen LogP contribution in [0.1, 0.15) is 5.82 Å². The zero-order valence-electron chi connectivity index (χ0n) is 10.1. The van der Waals surface area contributed by atoms with E-state index < -0.39 is 0 Å². The van der Waals surface area contributed by atoms with Crippen LogP contribution in [0.2, 0.25) is 0 Å². The molecule has 1 aromatic rings. The Hall–Kier alpha value is -1.52. The average molecular weight is 209 g/mol. The molecule has 15 heavy (non-hydrogen) atoms. The van der Waals surface area contributed by atoms with Crippen molar-refractivity contribution < 1.29 is 0 Å². The molecular formula is C10H19N5. The Morgan fingerprint density at radius 2 is 1.93 bits per heavy atom. The SMILES string of the molecule is CN(C)C(=NCc1nccn1C)N(C)C. The molecule has 0 amide bonds. The molecule has 0 radical (unpaired) electrons. The summed E-state index contributed by atoms with van der Waals surface area (Å²) in [5, 5.41) is 0. The molecule has 0 spiro atoms. The Bertz CT molecular complexity index is 327. The number of guanidine groups is 1. The highest BCUT2D eigenvalue weighted by Gasteiger charge is 2.04. The van der Waals surface area contributed by atoms with Crippen LogP contribution in [0.15, 0.2) is 17.4 Å². The molecule has 5 nitrogen and oxygen atoms in total. The molecule has 5 heteroatoms. The molecule has 0 fully saturated rings. The van der Waals surface area contributed by atoms with Crippen LogP contribution in [0.4, 0.5) is 0 Å². The summed E-state index contributed by atoms with van der Waals surface area (Å²) in [6, 6.07) is 0. The number of aryl methyl sites for hydroxylation is 1. The van der Waals surface area contributed by atoms with Crippen LogP contribution in [-0.4, -0.2) is 53.5 Å². The molecular weight excluding hydrogens is 190 g/mol. The second-order valence-electron chi connectivity index (χ2n) is 3.86. The predicted octanol–water partition coefficient (Wildman–Crippen LogP) is 0.399. The van der Waals surface area contributed by atoms with Crippen molar-refractivity contribution in [3.05, 3.63) is 18.2 Å². The zero-order chi connectivity index (χ0) is 11.4. The van der Waals surface area contributed by atoms with Gasteiger partial charge in [0.05, 0.1) is 0 Å². The van der Waals surface area contributed by atoms with Crippen molar-refractivity contribution in [3.63, 3.8) is 0 Å². The summed E-state index contributed by atoms with van der Waals surface area (Å²) in [7, 11) is 9.91. The van der Waals surface area contributed by atoms with E-state index in [1.807, 2.05) is 55.8 Å². The third kappa shape index (κ3) is 2.97. The maximum absolute atomic E-state index is 4.51. The summed E-state index contributed by atoms with van der Waals surface area (Å²) < 4.78 is 1.98. The van der Waals surface area contributed by atoms with Gasteiger partial charge in [-0.05, 0) is 0 Å². The van der Waals surface area contributed by atoms with Crippen LogP contribution in [0.25, 0.3) is 0 Å². The van der Waals surface area contributed by atoms with Crippen LogP contribution in [0.5, 0.6) is 0 Å². The van der Waals surface area contributed by atoms with Crippen molar-refractivity contribution >= 4 is 5.96 Å². The van der Waals surface area contributed by atoms with Gasteiger partial charge in [0.15, 0.2) is 5.96 Å². The van der Waals surface area contributed by atoms with E-state index in [0.29, 0.717) is 6.54 Å². The van der Waals surface area contributed by atoms with E-state index in [-0.39, 0.29) is 0 Å². The largest absolute Gasteiger partial charge is 0.349 e. The average Bonchev–Trinajstić information content (AvgIpc) is 2.51. The fourth-order valence-electron chi connectivity index (χ4n) is 1.37. The van der Waals surface area contributed by atoms with Gasteiger partial charge in [0.25, 0.3) is 0 Å². The van der Waals surface area contributed by atoms with Gasteiger partial charge in [0, 0.05) is 47.6 Å². The van der Waals surface area contributed by atoms with Crippen LogP contribution < -0.4 is 0 Å². The van der Waals surface area contributed by atoms with Gasteiger partial charge < -0.3 is 14.4 Å². The molecule has 1 heterocycles. The van der Waals surface area contributed by atoms with E-state index in [1.54, 1.807) is 6.20 Å². The number of hydrogen-bond acceptors (Lipinski definition) is 2. The summed E-state index contributed by atoms with van der Waals surface area (Å²) in [5.74, 6) is 1.91. The first kappa shape index (κ1) is 11.6. The van der Waals surface area contributed by atoms with E-state index in [1.165, 1.54) is 0 Å². The molecule has 0 aliphatic heterocycles. The fraction of sp³-hybridized carbons (Fsp3) is 0.600. The monoisotopic (exact) mass is 209 g/mol. The highest BCUT2D eigenvalue weighted by molar-refractivity contribution is 5.79. The lowest BCUT2D eigenvalue weighted by Gasteiger charge is -2.22. The summed E-state index contributed by atoms with van der Waals surface area (Å²) in [4.78, 5) is 12.7. The first-order chi connectivity index (χ1) is 7.02. The van der Waals surface area contributed by atoms with Crippen molar-refractivity contribution in [1.29, 1.82) is 0 Å². The minimum Gasteiger partial charge on any atom is -0.349 e. The van der Waals surface area contributed by atoms with Gasteiger partial charge in [0.2, 0.25) is 0 Å². The van der Waals surface area contributed by atoms with Gasteiger partial charge >= 0.3 is 0 Å². The van der Waals surface area contributed by atoms with Gasteiger partial charge in [-0.1, -0.05) is 0 Å². The maximum atomic E-state index is 4.51.